The second-order valence-electron chi connectivity index (χ2n) is 7.50. The molecule has 5 heteroatoms. The molecule has 0 N–H and O–H groups in total. The Kier molecular flexibility index (Phi) is 3.46. The SMILES string of the molecule is CCCn1cnnc1C1CN(C(=O)C2CCC2)CC12CCC2. The lowest BCUT2D eigenvalue weighted by Crippen LogP contribution is -2.41. The van der Waals surface area contributed by atoms with Crippen LogP contribution in [0.5, 0.6) is 0 Å². The Balaban J connectivity index is 1.57. The highest BCUT2D eigenvalue weighted by molar-refractivity contribution is 5.80. The number of likely N-dealkylation sites (tertiary alicyclic amines) is 1. The molecular weight excluding hydrogens is 276 g/mol. The largest absolute Gasteiger partial charge is 0.341 e. The second kappa shape index (κ2) is 5.36. The van der Waals surface area contributed by atoms with E-state index in [0.717, 1.165) is 44.7 Å². The first-order valence-corrected chi connectivity index (χ1v) is 8.90. The van der Waals surface area contributed by atoms with E-state index in [1.165, 1.54) is 25.7 Å². The molecule has 1 spiro atoms. The number of rotatable bonds is 4. The van der Waals surface area contributed by atoms with Crippen molar-refractivity contribution < 1.29 is 4.79 Å². The summed E-state index contributed by atoms with van der Waals surface area (Å²) in [6.07, 6.45) is 10.2. The summed E-state index contributed by atoms with van der Waals surface area (Å²) in [5.74, 6) is 2.22. The van der Waals surface area contributed by atoms with Crippen LogP contribution in [0, 0.1) is 11.3 Å². The van der Waals surface area contributed by atoms with Gasteiger partial charge in [0, 0.05) is 31.5 Å². The van der Waals surface area contributed by atoms with Crippen LogP contribution in [0.3, 0.4) is 0 Å². The Morgan fingerprint density at radius 3 is 2.77 bits per heavy atom. The van der Waals surface area contributed by atoms with Crippen LogP contribution in [0.4, 0.5) is 0 Å². The van der Waals surface area contributed by atoms with Crippen LogP contribution in [0.2, 0.25) is 0 Å². The maximum absolute atomic E-state index is 12.7. The monoisotopic (exact) mass is 302 g/mol. The van der Waals surface area contributed by atoms with Gasteiger partial charge in [-0.2, -0.15) is 0 Å². The minimum absolute atomic E-state index is 0.290. The molecule has 2 heterocycles. The van der Waals surface area contributed by atoms with E-state index in [1.54, 1.807) is 0 Å². The fourth-order valence-electron chi connectivity index (χ4n) is 4.49. The maximum Gasteiger partial charge on any atom is 0.225 e. The molecule has 0 bridgehead atoms. The van der Waals surface area contributed by atoms with Gasteiger partial charge >= 0.3 is 0 Å². The van der Waals surface area contributed by atoms with E-state index in [-0.39, 0.29) is 5.41 Å². The minimum atomic E-state index is 0.290. The van der Waals surface area contributed by atoms with Crippen molar-refractivity contribution in [3.05, 3.63) is 12.2 Å². The quantitative estimate of drug-likeness (QED) is 0.859. The van der Waals surface area contributed by atoms with E-state index < -0.39 is 0 Å². The first-order chi connectivity index (χ1) is 10.7. The number of nitrogens with zero attached hydrogens (tertiary/aromatic N) is 4. The van der Waals surface area contributed by atoms with Crippen molar-refractivity contribution in [3.63, 3.8) is 0 Å². The van der Waals surface area contributed by atoms with Gasteiger partial charge in [-0.3, -0.25) is 4.79 Å². The van der Waals surface area contributed by atoms with Gasteiger partial charge in [-0.15, -0.1) is 10.2 Å². The van der Waals surface area contributed by atoms with E-state index in [0.29, 0.717) is 17.7 Å². The summed E-state index contributed by atoms with van der Waals surface area (Å²) in [5.41, 5.74) is 0.290. The summed E-state index contributed by atoms with van der Waals surface area (Å²) < 4.78 is 2.21. The van der Waals surface area contributed by atoms with Gasteiger partial charge in [-0.25, -0.2) is 0 Å². The lowest BCUT2D eigenvalue weighted by atomic mass is 9.62. The normalized spacial score (nSPS) is 27.0. The average molecular weight is 302 g/mol. The molecule has 1 aliphatic heterocycles. The fourth-order valence-corrected chi connectivity index (χ4v) is 4.49. The average Bonchev–Trinajstić information content (AvgIpc) is 2.99. The number of hydrogen-bond donors (Lipinski definition) is 0. The zero-order valence-electron chi connectivity index (χ0n) is 13.5. The summed E-state index contributed by atoms with van der Waals surface area (Å²) >= 11 is 0. The first kappa shape index (κ1) is 14.2. The van der Waals surface area contributed by atoms with Gasteiger partial charge in [-0.1, -0.05) is 19.8 Å². The number of amides is 1. The summed E-state index contributed by atoms with van der Waals surface area (Å²) in [7, 11) is 0. The molecule has 1 amide bonds. The number of aromatic nitrogens is 3. The lowest BCUT2D eigenvalue weighted by molar-refractivity contribution is -0.137. The highest BCUT2D eigenvalue weighted by Crippen LogP contribution is 2.55. The summed E-state index contributed by atoms with van der Waals surface area (Å²) in [6.45, 7) is 4.97. The molecule has 0 radical (unpaired) electrons. The van der Waals surface area contributed by atoms with Gasteiger partial charge in [0.1, 0.15) is 12.2 Å². The van der Waals surface area contributed by atoms with E-state index in [9.17, 15) is 4.79 Å². The maximum atomic E-state index is 12.7. The highest BCUT2D eigenvalue weighted by atomic mass is 16.2. The fraction of sp³-hybridized carbons (Fsp3) is 0.824. The topological polar surface area (TPSA) is 51.0 Å². The van der Waals surface area contributed by atoms with Crippen molar-refractivity contribution in [2.75, 3.05) is 13.1 Å². The molecule has 3 aliphatic rings. The Hall–Kier alpha value is -1.39. The summed E-state index contributed by atoms with van der Waals surface area (Å²) in [5, 5.41) is 8.59. The van der Waals surface area contributed by atoms with Crippen molar-refractivity contribution in [2.45, 2.75) is 64.3 Å². The third kappa shape index (κ3) is 2.09. The van der Waals surface area contributed by atoms with Crippen molar-refractivity contribution in [1.29, 1.82) is 0 Å². The molecule has 120 valence electrons. The molecule has 1 unspecified atom stereocenters. The van der Waals surface area contributed by atoms with Crippen molar-refractivity contribution in [1.82, 2.24) is 19.7 Å². The molecule has 5 nitrogen and oxygen atoms in total. The molecule has 1 aromatic rings. The Morgan fingerprint density at radius 1 is 1.36 bits per heavy atom. The van der Waals surface area contributed by atoms with Crippen molar-refractivity contribution >= 4 is 5.91 Å². The lowest BCUT2D eigenvalue weighted by Gasteiger charge is -2.42. The number of carbonyl (C=O) groups excluding carboxylic acids is 1. The third-order valence-electron chi connectivity index (χ3n) is 6.19. The number of aryl methyl sites for hydroxylation is 1. The van der Waals surface area contributed by atoms with Crippen LogP contribution in [-0.4, -0.2) is 38.7 Å². The molecular formula is C17H26N4O. The summed E-state index contributed by atoms with van der Waals surface area (Å²) in [4.78, 5) is 14.8. The Labute approximate surface area is 132 Å². The van der Waals surface area contributed by atoms with Crippen molar-refractivity contribution in [2.24, 2.45) is 11.3 Å². The van der Waals surface area contributed by atoms with Gasteiger partial charge < -0.3 is 9.47 Å². The molecule has 3 fully saturated rings. The summed E-state index contributed by atoms with van der Waals surface area (Å²) in [6, 6.07) is 0. The van der Waals surface area contributed by atoms with E-state index in [4.69, 9.17) is 0 Å². The van der Waals surface area contributed by atoms with Crippen LogP contribution < -0.4 is 0 Å². The molecule has 0 aromatic carbocycles. The highest BCUT2D eigenvalue weighted by Gasteiger charge is 2.54. The molecule has 2 saturated carbocycles. The molecule has 22 heavy (non-hydrogen) atoms. The van der Waals surface area contributed by atoms with Gasteiger partial charge in [0.05, 0.1) is 0 Å². The van der Waals surface area contributed by atoms with Gasteiger partial charge in [0.25, 0.3) is 0 Å². The smallest absolute Gasteiger partial charge is 0.225 e. The van der Waals surface area contributed by atoms with Crippen LogP contribution in [0.1, 0.15) is 63.6 Å². The first-order valence-electron chi connectivity index (χ1n) is 8.90. The number of hydrogen-bond acceptors (Lipinski definition) is 3. The molecule has 4 rings (SSSR count). The molecule has 1 saturated heterocycles. The van der Waals surface area contributed by atoms with Crippen LogP contribution >= 0.6 is 0 Å². The Morgan fingerprint density at radius 2 is 2.18 bits per heavy atom. The molecule has 1 atom stereocenters. The zero-order chi connectivity index (χ0) is 15.2. The van der Waals surface area contributed by atoms with E-state index >= 15 is 0 Å². The minimum Gasteiger partial charge on any atom is -0.341 e. The van der Waals surface area contributed by atoms with Crippen LogP contribution in [-0.2, 0) is 11.3 Å². The van der Waals surface area contributed by atoms with Gasteiger partial charge in [-0.05, 0) is 37.5 Å². The third-order valence-corrected chi connectivity index (χ3v) is 6.19. The van der Waals surface area contributed by atoms with Gasteiger partial charge in [0.2, 0.25) is 5.91 Å². The zero-order valence-corrected chi connectivity index (χ0v) is 13.5. The van der Waals surface area contributed by atoms with Crippen molar-refractivity contribution in [3.8, 4) is 0 Å². The van der Waals surface area contributed by atoms with Crippen LogP contribution in [0.25, 0.3) is 0 Å². The predicted octanol–water partition coefficient (Wildman–Crippen LogP) is 2.58. The standard InChI is InChI=1S/C17H26N4O/c1-2-9-20-12-18-19-15(20)14-10-21(11-17(14)7-4-8-17)16(22)13-5-3-6-13/h12-14H,2-11H2,1H3. The molecule has 2 aliphatic carbocycles. The van der Waals surface area contributed by atoms with E-state index in [1.807, 2.05) is 6.33 Å². The Bertz CT molecular complexity index is 559. The van der Waals surface area contributed by atoms with Gasteiger partial charge in [0.15, 0.2) is 0 Å². The number of carbonyl (C=O) groups is 1. The second-order valence-corrected chi connectivity index (χ2v) is 7.50. The predicted molar refractivity (Wildman–Crippen MR) is 83.3 cm³/mol. The van der Waals surface area contributed by atoms with Crippen LogP contribution in [0.15, 0.2) is 6.33 Å². The molecule has 1 aromatic heterocycles. The van der Waals surface area contributed by atoms with E-state index in [2.05, 4.69) is 26.6 Å².